The van der Waals surface area contributed by atoms with Crippen LogP contribution in [0, 0.1) is 11.3 Å². The first-order valence-electron chi connectivity index (χ1n) is 3.57. The van der Waals surface area contributed by atoms with Gasteiger partial charge in [0.15, 0.2) is 0 Å². The molecule has 1 unspecified atom stereocenters. The number of hydroxylamine groups is 2. The summed E-state index contributed by atoms with van der Waals surface area (Å²) in [7, 11) is 0. The Morgan fingerprint density at radius 2 is 2.30 bits per heavy atom. The van der Waals surface area contributed by atoms with Crippen LogP contribution in [0.5, 0.6) is 0 Å². The fourth-order valence-electron chi connectivity index (χ4n) is 1.22. The molecule has 0 aliphatic carbocycles. The Hall–Kier alpha value is -0.590. The van der Waals surface area contributed by atoms with Crippen molar-refractivity contribution < 1.29 is 5.21 Å². The van der Waals surface area contributed by atoms with Crippen LogP contribution < -0.4 is 0 Å². The lowest BCUT2D eigenvalue weighted by Crippen LogP contribution is -2.46. The van der Waals surface area contributed by atoms with Crippen LogP contribution in [0.25, 0.3) is 0 Å². The van der Waals surface area contributed by atoms with E-state index in [1.54, 1.807) is 6.92 Å². The highest BCUT2D eigenvalue weighted by Crippen LogP contribution is 2.24. The average molecular weight is 140 g/mol. The van der Waals surface area contributed by atoms with Crippen LogP contribution in [-0.2, 0) is 0 Å². The van der Waals surface area contributed by atoms with Crippen molar-refractivity contribution in [1.82, 2.24) is 5.06 Å². The summed E-state index contributed by atoms with van der Waals surface area (Å²) in [4.78, 5) is 0. The molecule has 3 nitrogen and oxygen atoms in total. The van der Waals surface area contributed by atoms with Gasteiger partial charge in [0.1, 0.15) is 5.54 Å². The summed E-state index contributed by atoms with van der Waals surface area (Å²) in [5.74, 6) is 0. The molecule has 0 spiro atoms. The molecule has 1 aliphatic heterocycles. The topological polar surface area (TPSA) is 47.3 Å². The zero-order chi connectivity index (χ0) is 7.61. The zero-order valence-corrected chi connectivity index (χ0v) is 6.17. The Morgan fingerprint density at radius 1 is 1.60 bits per heavy atom. The van der Waals surface area contributed by atoms with E-state index < -0.39 is 5.54 Å². The van der Waals surface area contributed by atoms with Gasteiger partial charge < -0.3 is 5.21 Å². The molecule has 1 N–H and O–H groups in total. The van der Waals surface area contributed by atoms with Crippen LogP contribution in [0.3, 0.4) is 0 Å². The quantitative estimate of drug-likeness (QED) is 0.549. The smallest absolute Gasteiger partial charge is 0.129 e. The summed E-state index contributed by atoms with van der Waals surface area (Å²) in [5, 5.41) is 19.1. The Balaban J connectivity index is 2.65. The predicted octanol–water partition coefficient (Wildman–Crippen LogP) is 1.14. The maximum Gasteiger partial charge on any atom is 0.129 e. The Labute approximate surface area is 60.8 Å². The second kappa shape index (κ2) is 2.57. The third-order valence-corrected chi connectivity index (χ3v) is 2.09. The minimum atomic E-state index is -0.627. The van der Waals surface area contributed by atoms with Gasteiger partial charge in [0.2, 0.25) is 0 Å². The molecule has 0 bridgehead atoms. The van der Waals surface area contributed by atoms with Gasteiger partial charge in [-0.1, -0.05) is 0 Å². The van der Waals surface area contributed by atoms with E-state index in [2.05, 4.69) is 6.07 Å². The number of nitrogens with zero attached hydrogens (tertiary/aromatic N) is 2. The van der Waals surface area contributed by atoms with Crippen LogP contribution in [0.2, 0.25) is 0 Å². The Kier molecular flexibility index (Phi) is 1.93. The fraction of sp³-hybridized carbons (Fsp3) is 0.857. The summed E-state index contributed by atoms with van der Waals surface area (Å²) in [5.41, 5.74) is -0.627. The first kappa shape index (κ1) is 7.52. The molecule has 1 heterocycles. The molecule has 0 aromatic carbocycles. The molecule has 0 aromatic rings. The van der Waals surface area contributed by atoms with Crippen molar-refractivity contribution >= 4 is 0 Å². The third kappa shape index (κ3) is 1.13. The second-order valence-electron chi connectivity index (χ2n) is 2.97. The van der Waals surface area contributed by atoms with Crippen molar-refractivity contribution in [2.75, 3.05) is 6.54 Å². The molecule has 1 fully saturated rings. The summed E-state index contributed by atoms with van der Waals surface area (Å²) in [6.45, 7) is 2.40. The molecule has 0 saturated carbocycles. The van der Waals surface area contributed by atoms with E-state index in [1.165, 1.54) is 0 Å². The minimum absolute atomic E-state index is 0.627. The van der Waals surface area contributed by atoms with Crippen molar-refractivity contribution in [1.29, 1.82) is 5.26 Å². The first-order valence-corrected chi connectivity index (χ1v) is 3.57. The van der Waals surface area contributed by atoms with Crippen LogP contribution in [0.1, 0.15) is 26.2 Å². The summed E-state index contributed by atoms with van der Waals surface area (Å²) < 4.78 is 0. The maximum atomic E-state index is 9.24. The standard InChI is InChI=1S/C7H12N2O/c1-7(6-8)4-2-3-5-9(7)10/h10H,2-5H2,1H3. The molecule has 1 saturated heterocycles. The molecule has 0 radical (unpaired) electrons. The number of piperidine rings is 1. The van der Waals surface area contributed by atoms with Crippen molar-refractivity contribution in [3.8, 4) is 6.07 Å². The number of nitriles is 1. The molecule has 3 heteroatoms. The average Bonchev–Trinajstić information content (AvgIpc) is 1.96. The van der Waals surface area contributed by atoms with E-state index in [0.29, 0.717) is 6.54 Å². The lowest BCUT2D eigenvalue weighted by atomic mass is 9.92. The van der Waals surface area contributed by atoms with Crippen molar-refractivity contribution in [3.63, 3.8) is 0 Å². The first-order chi connectivity index (χ1) is 4.69. The molecule has 56 valence electrons. The van der Waals surface area contributed by atoms with E-state index in [0.717, 1.165) is 24.3 Å². The van der Waals surface area contributed by atoms with E-state index >= 15 is 0 Å². The van der Waals surface area contributed by atoms with Gasteiger partial charge >= 0.3 is 0 Å². The zero-order valence-electron chi connectivity index (χ0n) is 6.17. The lowest BCUT2D eigenvalue weighted by Gasteiger charge is -2.34. The normalized spacial score (nSPS) is 35.3. The van der Waals surface area contributed by atoms with Gasteiger partial charge in [-0.25, -0.2) is 0 Å². The predicted molar refractivity (Wildman–Crippen MR) is 36.4 cm³/mol. The van der Waals surface area contributed by atoms with Crippen molar-refractivity contribution in [2.45, 2.75) is 31.7 Å². The van der Waals surface area contributed by atoms with Gasteiger partial charge in [-0.05, 0) is 26.2 Å². The Morgan fingerprint density at radius 3 is 2.70 bits per heavy atom. The molecule has 1 atom stereocenters. The highest BCUT2D eigenvalue weighted by atomic mass is 16.5. The summed E-state index contributed by atoms with van der Waals surface area (Å²) >= 11 is 0. The minimum Gasteiger partial charge on any atom is -0.312 e. The van der Waals surface area contributed by atoms with E-state index in [4.69, 9.17) is 5.26 Å². The van der Waals surface area contributed by atoms with Gasteiger partial charge in [-0.15, -0.1) is 0 Å². The highest BCUT2D eigenvalue weighted by Gasteiger charge is 2.33. The number of hydrogen-bond acceptors (Lipinski definition) is 3. The van der Waals surface area contributed by atoms with E-state index in [-0.39, 0.29) is 0 Å². The third-order valence-electron chi connectivity index (χ3n) is 2.09. The van der Waals surface area contributed by atoms with Gasteiger partial charge in [0.05, 0.1) is 6.07 Å². The molecule has 10 heavy (non-hydrogen) atoms. The van der Waals surface area contributed by atoms with E-state index in [9.17, 15) is 5.21 Å². The van der Waals surface area contributed by atoms with Crippen LogP contribution in [-0.4, -0.2) is 22.4 Å². The van der Waals surface area contributed by atoms with Crippen LogP contribution >= 0.6 is 0 Å². The monoisotopic (exact) mass is 140 g/mol. The van der Waals surface area contributed by atoms with Crippen LogP contribution in [0.4, 0.5) is 0 Å². The molecule has 1 aliphatic rings. The molecular formula is C7H12N2O. The largest absolute Gasteiger partial charge is 0.312 e. The molecule has 1 rings (SSSR count). The van der Waals surface area contributed by atoms with Crippen molar-refractivity contribution in [3.05, 3.63) is 0 Å². The highest BCUT2D eigenvalue weighted by molar-refractivity contribution is 5.04. The maximum absolute atomic E-state index is 9.24. The number of rotatable bonds is 0. The van der Waals surface area contributed by atoms with Gasteiger partial charge in [0, 0.05) is 6.54 Å². The summed E-state index contributed by atoms with van der Waals surface area (Å²) in [6.07, 6.45) is 2.81. The molecule has 0 aromatic heterocycles. The van der Waals surface area contributed by atoms with Crippen molar-refractivity contribution in [2.24, 2.45) is 0 Å². The number of hydrogen-bond donors (Lipinski definition) is 1. The molecular weight excluding hydrogens is 128 g/mol. The van der Waals surface area contributed by atoms with E-state index in [1.807, 2.05) is 0 Å². The summed E-state index contributed by atoms with van der Waals surface area (Å²) in [6, 6.07) is 2.11. The Bertz CT molecular complexity index is 163. The fourth-order valence-corrected chi connectivity index (χ4v) is 1.22. The van der Waals surface area contributed by atoms with Gasteiger partial charge in [-0.3, -0.25) is 0 Å². The van der Waals surface area contributed by atoms with Gasteiger partial charge in [-0.2, -0.15) is 10.3 Å². The van der Waals surface area contributed by atoms with Crippen LogP contribution in [0.15, 0.2) is 0 Å². The lowest BCUT2D eigenvalue weighted by molar-refractivity contribution is -0.163. The van der Waals surface area contributed by atoms with Gasteiger partial charge in [0.25, 0.3) is 0 Å². The SMILES string of the molecule is CC1(C#N)CCCCN1O. The molecule has 0 amide bonds. The second-order valence-corrected chi connectivity index (χ2v) is 2.97.